The number of hydrogen-bond donors (Lipinski definition) is 5. The van der Waals surface area contributed by atoms with Crippen molar-refractivity contribution in [2.75, 3.05) is 31.6 Å². The zero-order valence-electron chi connectivity index (χ0n) is 17.7. The van der Waals surface area contributed by atoms with Crippen molar-refractivity contribution in [3.63, 3.8) is 0 Å². The van der Waals surface area contributed by atoms with Crippen LogP contribution in [0.3, 0.4) is 0 Å². The Balaban J connectivity index is 1.41. The lowest BCUT2D eigenvalue weighted by Crippen LogP contribution is -2.62. The van der Waals surface area contributed by atoms with E-state index in [0.717, 1.165) is 25.7 Å². The van der Waals surface area contributed by atoms with Crippen molar-refractivity contribution >= 4 is 11.4 Å². The molecule has 1 saturated heterocycles. The second kappa shape index (κ2) is 11.3. The number of aromatic nitrogens is 3. The van der Waals surface area contributed by atoms with Crippen LogP contribution in [0.25, 0.3) is 5.69 Å². The molecule has 0 aliphatic carbocycles. The fraction of sp³-hybridized carbons (Fsp3) is 0.600. The summed E-state index contributed by atoms with van der Waals surface area (Å²) in [5.74, 6) is 0. The maximum atomic E-state index is 11.4. The number of aliphatic hydroxyl groups is 4. The molecule has 4 atom stereocenters. The largest absolute Gasteiger partial charge is 0.395 e. The Morgan fingerprint density at radius 3 is 2.50 bits per heavy atom. The monoisotopic (exact) mass is 450 g/mol. The van der Waals surface area contributed by atoms with Crippen LogP contribution in [0.4, 0.5) is 11.4 Å². The molecule has 0 spiro atoms. The number of nitrogens with zero attached hydrogens (tertiary/aromatic N) is 5. The zero-order valence-corrected chi connectivity index (χ0v) is 17.7. The third-order valence-corrected chi connectivity index (χ3v) is 5.73. The summed E-state index contributed by atoms with van der Waals surface area (Å²) in [6, 6.07) is 4.20. The number of unbranched alkanes of at least 4 members (excludes halogenated alkanes) is 3. The van der Waals surface area contributed by atoms with Crippen molar-refractivity contribution < 1.29 is 25.3 Å². The number of anilines is 1. The van der Waals surface area contributed by atoms with Gasteiger partial charge in [-0.25, -0.2) is 0 Å². The minimum atomic E-state index is -1.25. The van der Waals surface area contributed by atoms with Gasteiger partial charge in [0.2, 0.25) is 0 Å². The van der Waals surface area contributed by atoms with Crippen molar-refractivity contribution in [2.45, 2.75) is 50.0 Å². The molecule has 4 unspecified atom stereocenters. The summed E-state index contributed by atoms with van der Waals surface area (Å²) >= 11 is 0. The standard InChI is InChI=1S/C20H30N6O6/c27-13-17-19(29)20(30)18(28)12-24(17)10-4-2-1-3-7-21-15-6-5-14(11-16(15)26(31)32)25-22-8-9-23-25/h5-6,8-9,11,17-21,27-30H,1-4,7,10,12-13H2. The second-order valence-electron chi connectivity index (χ2n) is 7.91. The molecule has 0 saturated carbocycles. The predicted octanol–water partition coefficient (Wildman–Crippen LogP) is -0.0930. The van der Waals surface area contributed by atoms with Gasteiger partial charge in [-0.1, -0.05) is 12.8 Å². The maximum absolute atomic E-state index is 11.4. The van der Waals surface area contributed by atoms with E-state index in [-0.39, 0.29) is 18.8 Å². The van der Waals surface area contributed by atoms with Crippen LogP contribution >= 0.6 is 0 Å². The summed E-state index contributed by atoms with van der Waals surface area (Å²) in [7, 11) is 0. The average Bonchev–Trinajstić information content (AvgIpc) is 3.32. The molecule has 1 aromatic heterocycles. The lowest BCUT2D eigenvalue weighted by Gasteiger charge is -2.43. The van der Waals surface area contributed by atoms with Gasteiger partial charge in [-0.05, 0) is 31.5 Å². The fourth-order valence-corrected chi connectivity index (χ4v) is 3.95. The van der Waals surface area contributed by atoms with Crippen LogP contribution in [0.5, 0.6) is 0 Å². The summed E-state index contributed by atoms with van der Waals surface area (Å²) in [5, 5.41) is 61.6. The molecule has 2 heterocycles. The summed E-state index contributed by atoms with van der Waals surface area (Å²) in [6.45, 7) is 1.09. The molecule has 32 heavy (non-hydrogen) atoms. The summed E-state index contributed by atoms with van der Waals surface area (Å²) in [6.07, 6.45) is 2.93. The lowest BCUT2D eigenvalue weighted by atomic mass is 9.94. The number of piperidine rings is 1. The first-order valence-electron chi connectivity index (χ1n) is 10.7. The lowest BCUT2D eigenvalue weighted by molar-refractivity contribution is -0.383. The number of β-amino-alcohol motifs (C(OH)–C–C–N with tert-alkyl or cyclic N) is 1. The second-order valence-corrected chi connectivity index (χ2v) is 7.91. The molecule has 0 bridgehead atoms. The van der Waals surface area contributed by atoms with Crippen molar-refractivity contribution in [2.24, 2.45) is 0 Å². The van der Waals surface area contributed by atoms with Crippen molar-refractivity contribution in [3.05, 3.63) is 40.7 Å². The molecule has 1 aromatic carbocycles. The van der Waals surface area contributed by atoms with Crippen LogP contribution in [-0.4, -0.2) is 95.8 Å². The van der Waals surface area contributed by atoms with Gasteiger partial charge >= 0.3 is 0 Å². The smallest absolute Gasteiger partial charge is 0.294 e. The third kappa shape index (κ3) is 5.78. The maximum Gasteiger partial charge on any atom is 0.294 e. The van der Waals surface area contributed by atoms with Gasteiger partial charge in [0.25, 0.3) is 5.69 Å². The van der Waals surface area contributed by atoms with Crippen LogP contribution in [0.15, 0.2) is 30.6 Å². The van der Waals surface area contributed by atoms with Crippen LogP contribution in [0, 0.1) is 10.1 Å². The number of hydrogen-bond acceptors (Lipinski definition) is 10. The molecule has 1 aliphatic rings. The molecule has 12 heteroatoms. The van der Waals surface area contributed by atoms with E-state index in [9.17, 15) is 30.5 Å². The van der Waals surface area contributed by atoms with Gasteiger partial charge in [0, 0.05) is 19.2 Å². The first-order chi connectivity index (χ1) is 15.4. The van der Waals surface area contributed by atoms with Gasteiger partial charge in [0.15, 0.2) is 0 Å². The minimum absolute atomic E-state index is 0.0424. The Labute approximate surface area is 185 Å². The Bertz CT molecular complexity index is 866. The summed E-state index contributed by atoms with van der Waals surface area (Å²) < 4.78 is 0. The van der Waals surface area contributed by atoms with Crippen LogP contribution in [0.2, 0.25) is 0 Å². The van der Waals surface area contributed by atoms with Gasteiger partial charge in [0.1, 0.15) is 17.9 Å². The van der Waals surface area contributed by atoms with Crippen molar-refractivity contribution in [1.29, 1.82) is 0 Å². The Hall–Kier alpha value is -2.64. The number of aliphatic hydroxyl groups excluding tert-OH is 4. The van der Waals surface area contributed by atoms with Gasteiger partial charge in [0.05, 0.1) is 41.8 Å². The van der Waals surface area contributed by atoms with Gasteiger partial charge < -0.3 is 25.7 Å². The van der Waals surface area contributed by atoms with Gasteiger partial charge in [-0.15, -0.1) is 0 Å². The third-order valence-electron chi connectivity index (χ3n) is 5.73. The highest BCUT2D eigenvalue weighted by atomic mass is 16.6. The van der Waals surface area contributed by atoms with Crippen LogP contribution in [0.1, 0.15) is 25.7 Å². The summed E-state index contributed by atoms with van der Waals surface area (Å²) in [5.41, 5.74) is 0.902. The van der Waals surface area contributed by atoms with E-state index in [1.165, 1.54) is 23.3 Å². The highest BCUT2D eigenvalue weighted by Crippen LogP contribution is 2.27. The minimum Gasteiger partial charge on any atom is -0.395 e. The van der Waals surface area contributed by atoms with Crippen molar-refractivity contribution in [1.82, 2.24) is 19.9 Å². The Morgan fingerprint density at radius 2 is 1.81 bits per heavy atom. The van der Waals surface area contributed by atoms with E-state index in [1.807, 2.05) is 0 Å². The van der Waals surface area contributed by atoms with E-state index in [2.05, 4.69) is 15.5 Å². The Morgan fingerprint density at radius 1 is 1.09 bits per heavy atom. The molecule has 176 valence electrons. The molecule has 1 fully saturated rings. The fourth-order valence-electron chi connectivity index (χ4n) is 3.95. The number of nitro groups is 1. The van der Waals surface area contributed by atoms with E-state index < -0.39 is 29.3 Å². The predicted molar refractivity (Wildman–Crippen MR) is 115 cm³/mol. The Kier molecular flexibility index (Phi) is 8.47. The van der Waals surface area contributed by atoms with Crippen LogP contribution in [-0.2, 0) is 0 Å². The van der Waals surface area contributed by atoms with E-state index in [0.29, 0.717) is 24.5 Å². The number of nitro benzene ring substituents is 1. The molecular formula is C20H30N6O6. The normalized spacial score (nSPS) is 23.9. The van der Waals surface area contributed by atoms with E-state index in [4.69, 9.17) is 0 Å². The highest BCUT2D eigenvalue weighted by Gasteiger charge is 2.40. The summed E-state index contributed by atoms with van der Waals surface area (Å²) in [4.78, 5) is 14.1. The SMILES string of the molecule is O=[N+]([O-])c1cc(-n2nccn2)ccc1NCCCCCCN1CC(O)C(O)C(O)C1CO. The molecule has 3 rings (SSSR count). The van der Waals surface area contributed by atoms with E-state index in [1.54, 1.807) is 17.0 Å². The van der Waals surface area contributed by atoms with E-state index >= 15 is 0 Å². The molecule has 2 aromatic rings. The molecule has 12 nitrogen and oxygen atoms in total. The molecule has 0 radical (unpaired) electrons. The molecule has 1 aliphatic heterocycles. The zero-order chi connectivity index (χ0) is 23.1. The van der Waals surface area contributed by atoms with Gasteiger partial charge in [-0.2, -0.15) is 15.0 Å². The van der Waals surface area contributed by atoms with Gasteiger partial charge in [-0.3, -0.25) is 15.0 Å². The molecular weight excluding hydrogens is 420 g/mol. The van der Waals surface area contributed by atoms with Crippen LogP contribution < -0.4 is 5.32 Å². The average molecular weight is 450 g/mol. The quantitative estimate of drug-likeness (QED) is 0.177. The highest BCUT2D eigenvalue weighted by molar-refractivity contribution is 5.64. The first-order valence-corrected chi connectivity index (χ1v) is 10.7. The number of benzene rings is 1. The molecule has 0 amide bonds. The molecule has 5 N–H and O–H groups in total. The number of likely N-dealkylation sites (tertiary alicyclic amines) is 1. The first kappa shape index (κ1) is 24.0. The number of rotatable bonds is 11. The number of nitrogens with one attached hydrogen (secondary N) is 1. The topological polar surface area (TPSA) is 170 Å². The van der Waals surface area contributed by atoms with Crippen molar-refractivity contribution in [3.8, 4) is 5.69 Å².